The number of nitrogens with zero attached hydrogens (tertiary/aromatic N) is 2. The van der Waals surface area contributed by atoms with Crippen LogP contribution in [0.15, 0.2) is 42.5 Å². The summed E-state index contributed by atoms with van der Waals surface area (Å²) in [7, 11) is 0. The highest BCUT2D eigenvalue weighted by molar-refractivity contribution is 5.72. The first-order valence-corrected chi connectivity index (χ1v) is 10.3. The van der Waals surface area contributed by atoms with Crippen LogP contribution in [0.2, 0.25) is 0 Å². The Balaban J connectivity index is 1.49. The number of benzene rings is 2. The number of hydrogen-bond acceptors (Lipinski definition) is 5. The molecule has 5 nitrogen and oxygen atoms in total. The molecule has 0 aromatic heterocycles. The van der Waals surface area contributed by atoms with Gasteiger partial charge in [0.25, 0.3) is 0 Å². The number of nitriles is 1. The number of likely N-dealkylation sites (tertiary alicyclic amines) is 1. The zero-order chi connectivity index (χ0) is 21.3. The normalized spacial score (nSPS) is 16.8. The van der Waals surface area contributed by atoms with Crippen LogP contribution >= 0.6 is 0 Å². The van der Waals surface area contributed by atoms with Crippen molar-refractivity contribution in [1.82, 2.24) is 4.90 Å². The van der Waals surface area contributed by atoms with Gasteiger partial charge in [0.05, 0.1) is 37.4 Å². The maximum atomic E-state index is 14.0. The van der Waals surface area contributed by atoms with Crippen LogP contribution in [0.1, 0.15) is 42.0 Å². The van der Waals surface area contributed by atoms with Crippen molar-refractivity contribution in [1.29, 1.82) is 5.26 Å². The van der Waals surface area contributed by atoms with Crippen LogP contribution in [0.25, 0.3) is 0 Å². The molecule has 30 heavy (non-hydrogen) atoms. The molecule has 0 spiro atoms. The van der Waals surface area contributed by atoms with Crippen molar-refractivity contribution in [3.8, 4) is 6.07 Å². The Morgan fingerprint density at radius 1 is 1.23 bits per heavy atom. The smallest absolute Gasteiger partial charge is 0.310 e. The van der Waals surface area contributed by atoms with Crippen molar-refractivity contribution < 1.29 is 18.7 Å². The predicted octanol–water partition coefficient (Wildman–Crippen LogP) is 3.98. The van der Waals surface area contributed by atoms with Gasteiger partial charge in [0, 0.05) is 18.7 Å². The number of esters is 1. The second-order valence-corrected chi connectivity index (χ2v) is 7.53. The van der Waals surface area contributed by atoms with Crippen molar-refractivity contribution in [2.24, 2.45) is 0 Å². The van der Waals surface area contributed by atoms with E-state index in [1.165, 1.54) is 11.6 Å². The molecule has 1 heterocycles. The van der Waals surface area contributed by atoms with Crippen LogP contribution in [-0.2, 0) is 33.8 Å². The summed E-state index contributed by atoms with van der Waals surface area (Å²) >= 11 is 0. The number of carbonyl (C=O) groups is 1. The number of rotatable bonds is 8. The van der Waals surface area contributed by atoms with Gasteiger partial charge in [-0.05, 0) is 49.6 Å². The average molecular weight is 410 g/mol. The van der Waals surface area contributed by atoms with Gasteiger partial charge in [-0.3, -0.25) is 9.69 Å². The Bertz CT molecular complexity index is 892. The summed E-state index contributed by atoms with van der Waals surface area (Å²) in [6.45, 7) is 5.01. The van der Waals surface area contributed by atoms with Crippen molar-refractivity contribution >= 4 is 5.97 Å². The minimum absolute atomic E-state index is 0.0527. The monoisotopic (exact) mass is 410 g/mol. The zero-order valence-electron chi connectivity index (χ0n) is 17.3. The lowest BCUT2D eigenvalue weighted by Gasteiger charge is -2.32. The van der Waals surface area contributed by atoms with Gasteiger partial charge in [-0.1, -0.05) is 30.3 Å². The van der Waals surface area contributed by atoms with Crippen molar-refractivity contribution in [2.45, 2.75) is 45.4 Å². The van der Waals surface area contributed by atoms with Gasteiger partial charge in [0.2, 0.25) is 0 Å². The number of halogens is 1. The lowest BCUT2D eigenvalue weighted by atomic mass is 10.1. The van der Waals surface area contributed by atoms with Crippen molar-refractivity contribution in [3.05, 3.63) is 70.5 Å². The first kappa shape index (κ1) is 21.9. The highest BCUT2D eigenvalue weighted by Crippen LogP contribution is 2.19. The summed E-state index contributed by atoms with van der Waals surface area (Å²) in [6.07, 6.45) is 2.32. The molecule has 3 rings (SSSR count). The number of piperidine rings is 1. The predicted molar refractivity (Wildman–Crippen MR) is 111 cm³/mol. The van der Waals surface area contributed by atoms with Gasteiger partial charge in [-0.15, -0.1) is 0 Å². The summed E-state index contributed by atoms with van der Waals surface area (Å²) < 4.78 is 25.0. The second kappa shape index (κ2) is 10.9. The fraction of sp³-hybridized carbons (Fsp3) is 0.417. The standard InChI is InChI=1S/C24H27FN2O3/c1-2-29-24(28)13-18-5-7-19(8-6-18)15-27-11-3-4-22(16-27)30-17-21-10-9-20(14-26)12-23(21)25/h5-10,12,22H,2-4,11,13,15-17H2,1H3. The van der Waals surface area contributed by atoms with E-state index in [2.05, 4.69) is 4.90 Å². The van der Waals surface area contributed by atoms with E-state index in [9.17, 15) is 9.18 Å². The molecular formula is C24H27FN2O3. The second-order valence-electron chi connectivity index (χ2n) is 7.53. The zero-order valence-corrected chi connectivity index (χ0v) is 17.3. The van der Waals surface area contributed by atoms with Crippen molar-refractivity contribution in [3.63, 3.8) is 0 Å². The lowest BCUT2D eigenvalue weighted by molar-refractivity contribution is -0.142. The first-order chi connectivity index (χ1) is 14.6. The molecular weight excluding hydrogens is 383 g/mol. The van der Waals surface area contributed by atoms with E-state index >= 15 is 0 Å². The Morgan fingerprint density at radius 3 is 2.70 bits per heavy atom. The van der Waals surface area contributed by atoms with E-state index in [0.29, 0.717) is 24.2 Å². The Hall–Kier alpha value is -2.75. The third-order valence-electron chi connectivity index (χ3n) is 5.20. The molecule has 0 aliphatic carbocycles. The number of carbonyl (C=O) groups excluding carboxylic acids is 1. The molecule has 2 aromatic rings. The SMILES string of the molecule is CCOC(=O)Cc1ccc(CN2CCCC(OCc3ccc(C#N)cc3F)C2)cc1. The van der Waals surface area contributed by atoms with Gasteiger partial charge in [-0.2, -0.15) is 5.26 Å². The highest BCUT2D eigenvalue weighted by atomic mass is 19.1. The average Bonchev–Trinajstić information content (AvgIpc) is 2.74. The van der Waals surface area contributed by atoms with E-state index in [1.54, 1.807) is 19.1 Å². The molecule has 1 aliphatic heterocycles. The van der Waals surface area contributed by atoms with Gasteiger partial charge >= 0.3 is 5.97 Å². The summed E-state index contributed by atoms with van der Waals surface area (Å²) in [5, 5.41) is 8.84. The molecule has 1 aliphatic rings. The van der Waals surface area contributed by atoms with E-state index in [0.717, 1.165) is 38.0 Å². The molecule has 0 amide bonds. The molecule has 158 valence electrons. The van der Waals surface area contributed by atoms with Gasteiger partial charge in [0.1, 0.15) is 5.82 Å². The Morgan fingerprint density at radius 2 is 2.00 bits per heavy atom. The van der Waals surface area contributed by atoms with E-state index in [-0.39, 0.29) is 18.7 Å². The van der Waals surface area contributed by atoms with Crippen LogP contribution in [0.4, 0.5) is 4.39 Å². The quantitative estimate of drug-likeness (QED) is 0.616. The maximum absolute atomic E-state index is 14.0. The van der Waals surface area contributed by atoms with E-state index in [1.807, 2.05) is 30.3 Å². The van der Waals surface area contributed by atoms with Crippen LogP contribution < -0.4 is 0 Å². The summed E-state index contributed by atoms with van der Waals surface area (Å²) in [5.41, 5.74) is 2.92. The minimum atomic E-state index is -0.398. The van der Waals surface area contributed by atoms with Gasteiger partial charge in [-0.25, -0.2) is 4.39 Å². The Kier molecular flexibility index (Phi) is 7.95. The lowest BCUT2D eigenvalue weighted by Crippen LogP contribution is -2.39. The van der Waals surface area contributed by atoms with Gasteiger partial charge < -0.3 is 9.47 Å². The fourth-order valence-electron chi connectivity index (χ4n) is 3.63. The molecule has 0 saturated carbocycles. The highest BCUT2D eigenvalue weighted by Gasteiger charge is 2.21. The maximum Gasteiger partial charge on any atom is 0.310 e. The molecule has 0 N–H and O–H groups in total. The third kappa shape index (κ3) is 6.38. The van der Waals surface area contributed by atoms with E-state index < -0.39 is 5.82 Å². The van der Waals surface area contributed by atoms with Crippen molar-refractivity contribution in [2.75, 3.05) is 19.7 Å². The molecule has 1 fully saturated rings. The molecule has 1 atom stereocenters. The number of ether oxygens (including phenoxy) is 2. The molecule has 1 saturated heterocycles. The Labute approximate surface area is 177 Å². The molecule has 0 bridgehead atoms. The summed E-state index contributed by atoms with van der Waals surface area (Å²) in [4.78, 5) is 13.9. The van der Waals surface area contributed by atoms with E-state index in [4.69, 9.17) is 14.7 Å². The molecule has 1 unspecified atom stereocenters. The fourth-order valence-corrected chi connectivity index (χ4v) is 3.63. The number of hydrogen-bond donors (Lipinski definition) is 0. The summed E-state index contributed by atoms with van der Waals surface area (Å²) in [6, 6.07) is 14.4. The van der Waals surface area contributed by atoms with Gasteiger partial charge in [0.15, 0.2) is 0 Å². The molecule has 0 radical (unpaired) electrons. The van der Waals surface area contributed by atoms with Crippen LogP contribution in [0.5, 0.6) is 0 Å². The summed E-state index contributed by atoms with van der Waals surface area (Å²) in [5.74, 6) is -0.607. The van der Waals surface area contributed by atoms with Crippen LogP contribution in [0.3, 0.4) is 0 Å². The molecule has 6 heteroatoms. The van der Waals surface area contributed by atoms with Crippen LogP contribution in [-0.4, -0.2) is 36.7 Å². The largest absolute Gasteiger partial charge is 0.466 e. The first-order valence-electron chi connectivity index (χ1n) is 10.3. The third-order valence-corrected chi connectivity index (χ3v) is 5.20. The van der Waals surface area contributed by atoms with Crippen LogP contribution in [0, 0.1) is 17.1 Å². The topological polar surface area (TPSA) is 62.6 Å². The molecule has 2 aromatic carbocycles. The minimum Gasteiger partial charge on any atom is -0.466 e.